The first-order valence-electron chi connectivity index (χ1n) is 5.71. The zero-order valence-corrected chi connectivity index (χ0v) is 9.85. The summed E-state index contributed by atoms with van der Waals surface area (Å²) in [6.45, 7) is 1.30. The minimum Gasteiger partial charge on any atom is -0.493 e. The largest absolute Gasteiger partial charge is 0.493 e. The van der Waals surface area contributed by atoms with Gasteiger partial charge in [0.05, 0.1) is 13.2 Å². The molecule has 1 aliphatic heterocycles. The first-order chi connectivity index (χ1) is 8.33. The lowest BCUT2D eigenvalue weighted by atomic mass is 10.2. The van der Waals surface area contributed by atoms with Crippen molar-refractivity contribution in [1.82, 2.24) is 0 Å². The first-order valence-corrected chi connectivity index (χ1v) is 5.71. The van der Waals surface area contributed by atoms with Crippen LogP contribution in [-0.2, 0) is 4.74 Å². The lowest BCUT2D eigenvalue weighted by Crippen LogP contribution is -2.16. The van der Waals surface area contributed by atoms with E-state index in [1.807, 2.05) is 0 Å². The Kier molecular flexibility index (Phi) is 3.98. The van der Waals surface area contributed by atoms with Crippen LogP contribution in [-0.4, -0.2) is 32.7 Å². The van der Waals surface area contributed by atoms with Gasteiger partial charge in [0, 0.05) is 12.2 Å². The van der Waals surface area contributed by atoms with E-state index in [1.165, 1.54) is 0 Å². The maximum absolute atomic E-state index is 10.7. The summed E-state index contributed by atoms with van der Waals surface area (Å²) in [6.07, 6.45) is 3.05. The predicted octanol–water partition coefficient (Wildman–Crippen LogP) is 2.07. The number of carbonyl (C=O) groups excluding carboxylic acids is 1. The monoisotopic (exact) mass is 236 g/mol. The zero-order valence-electron chi connectivity index (χ0n) is 9.85. The van der Waals surface area contributed by atoms with E-state index < -0.39 is 0 Å². The Morgan fingerprint density at radius 1 is 1.47 bits per heavy atom. The summed E-state index contributed by atoms with van der Waals surface area (Å²) in [5.41, 5.74) is 0.577. The highest BCUT2D eigenvalue weighted by Crippen LogP contribution is 2.28. The van der Waals surface area contributed by atoms with Crippen LogP contribution in [0.2, 0.25) is 0 Å². The fourth-order valence-corrected chi connectivity index (χ4v) is 1.84. The Morgan fingerprint density at radius 3 is 3.00 bits per heavy atom. The Bertz CT molecular complexity index is 383. The molecule has 0 unspecified atom stereocenters. The topological polar surface area (TPSA) is 44.8 Å². The van der Waals surface area contributed by atoms with E-state index in [-0.39, 0.29) is 6.10 Å². The van der Waals surface area contributed by atoms with Crippen molar-refractivity contribution in [2.45, 2.75) is 18.9 Å². The maximum Gasteiger partial charge on any atom is 0.162 e. The molecule has 1 heterocycles. The van der Waals surface area contributed by atoms with Crippen molar-refractivity contribution < 1.29 is 19.0 Å². The van der Waals surface area contributed by atoms with Crippen LogP contribution in [0.25, 0.3) is 0 Å². The first kappa shape index (κ1) is 11.9. The third-order valence-electron chi connectivity index (χ3n) is 2.77. The molecule has 4 heteroatoms. The fourth-order valence-electron chi connectivity index (χ4n) is 1.84. The number of rotatable bonds is 5. The van der Waals surface area contributed by atoms with E-state index in [9.17, 15) is 4.79 Å². The molecular formula is C13H16O4. The van der Waals surface area contributed by atoms with Crippen LogP contribution in [0.1, 0.15) is 23.2 Å². The van der Waals surface area contributed by atoms with Crippen molar-refractivity contribution >= 4 is 6.29 Å². The van der Waals surface area contributed by atoms with E-state index in [2.05, 4.69) is 0 Å². The molecule has 0 saturated carbocycles. The van der Waals surface area contributed by atoms with E-state index in [1.54, 1.807) is 25.3 Å². The molecular weight excluding hydrogens is 220 g/mol. The van der Waals surface area contributed by atoms with Gasteiger partial charge in [-0.05, 0) is 31.0 Å². The van der Waals surface area contributed by atoms with Gasteiger partial charge < -0.3 is 14.2 Å². The van der Waals surface area contributed by atoms with Crippen LogP contribution < -0.4 is 9.47 Å². The second-order valence-electron chi connectivity index (χ2n) is 3.97. The number of methoxy groups -OCH3 is 1. The number of aldehydes is 1. The molecule has 0 N–H and O–H groups in total. The van der Waals surface area contributed by atoms with E-state index in [0.717, 1.165) is 25.7 Å². The van der Waals surface area contributed by atoms with Gasteiger partial charge in [0.25, 0.3) is 0 Å². The second-order valence-corrected chi connectivity index (χ2v) is 3.97. The van der Waals surface area contributed by atoms with Crippen molar-refractivity contribution in [3.63, 3.8) is 0 Å². The molecule has 1 saturated heterocycles. The van der Waals surface area contributed by atoms with Crippen molar-refractivity contribution in [3.8, 4) is 11.5 Å². The predicted molar refractivity (Wildman–Crippen MR) is 62.9 cm³/mol. The molecule has 0 spiro atoms. The van der Waals surface area contributed by atoms with E-state index in [4.69, 9.17) is 14.2 Å². The molecule has 92 valence electrons. The highest BCUT2D eigenvalue weighted by atomic mass is 16.5. The van der Waals surface area contributed by atoms with E-state index in [0.29, 0.717) is 23.7 Å². The number of hydrogen-bond acceptors (Lipinski definition) is 4. The molecule has 1 atom stereocenters. The normalized spacial score (nSPS) is 19.0. The summed E-state index contributed by atoms with van der Waals surface area (Å²) in [7, 11) is 1.58. The highest BCUT2D eigenvalue weighted by molar-refractivity contribution is 5.76. The lowest BCUT2D eigenvalue weighted by molar-refractivity contribution is 0.0669. The Balaban J connectivity index is 2.03. The van der Waals surface area contributed by atoms with Crippen molar-refractivity contribution in [1.29, 1.82) is 0 Å². The van der Waals surface area contributed by atoms with Gasteiger partial charge >= 0.3 is 0 Å². The molecule has 2 rings (SSSR count). The summed E-state index contributed by atoms with van der Waals surface area (Å²) in [6, 6.07) is 5.11. The van der Waals surface area contributed by atoms with Gasteiger partial charge in [0.2, 0.25) is 0 Å². The third kappa shape index (κ3) is 2.97. The number of benzene rings is 1. The maximum atomic E-state index is 10.7. The number of carbonyl (C=O) groups is 1. The molecule has 0 radical (unpaired) electrons. The van der Waals surface area contributed by atoms with Crippen molar-refractivity contribution in [2.24, 2.45) is 0 Å². The summed E-state index contributed by atoms with van der Waals surface area (Å²) < 4.78 is 16.3. The van der Waals surface area contributed by atoms with E-state index >= 15 is 0 Å². The minimum atomic E-state index is 0.152. The fraction of sp³-hybridized carbons (Fsp3) is 0.462. The van der Waals surface area contributed by atoms with Gasteiger partial charge in [-0.3, -0.25) is 4.79 Å². The molecule has 4 nitrogen and oxygen atoms in total. The van der Waals surface area contributed by atoms with Crippen LogP contribution in [0.3, 0.4) is 0 Å². The third-order valence-corrected chi connectivity index (χ3v) is 2.77. The molecule has 0 amide bonds. The molecule has 1 fully saturated rings. The molecule has 1 aromatic carbocycles. The molecule has 1 aromatic rings. The van der Waals surface area contributed by atoms with Crippen molar-refractivity contribution in [3.05, 3.63) is 23.8 Å². The van der Waals surface area contributed by atoms with Crippen LogP contribution in [0.5, 0.6) is 11.5 Å². The van der Waals surface area contributed by atoms with Crippen LogP contribution in [0.15, 0.2) is 18.2 Å². The second kappa shape index (κ2) is 5.68. The van der Waals surface area contributed by atoms with Crippen LogP contribution >= 0.6 is 0 Å². The van der Waals surface area contributed by atoms with Gasteiger partial charge in [-0.15, -0.1) is 0 Å². The average Bonchev–Trinajstić information content (AvgIpc) is 2.89. The van der Waals surface area contributed by atoms with Gasteiger partial charge in [-0.25, -0.2) is 0 Å². The minimum absolute atomic E-state index is 0.152. The Labute approximate surface area is 100 Å². The molecule has 0 bridgehead atoms. The molecule has 17 heavy (non-hydrogen) atoms. The quantitative estimate of drug-likeness (QED) is 0.734. The average molecular weight is 236 g/mol. The SMILES string of the molecule is COc1ccc(C=O)cc1OC[C@H]1CCCO1. The Hall–Kier alpha value is -1.55. The van der Waals surface area contributed by atoms with Gasteiger partial charge in [0.1, 0.15) is 12.9 Å². The smallest absolute Gasteiger partial charge is 0.162 e. The summed E-state index contributed by atoms with van der Waals surface area (Å²) in [4.78, 5) is 10.7. The van der Waals surface area contributed by atoms with Crippen molar-refractivity contribution in [2.75, 3.05) is 20.3 Å². The lowest BCUT2D eigenvalue weighted by Gasteiger charge is -2.14. The number of ether oxygens (including phenoxy) is 3. The summed E-state index contributed by atoms with van der Waals surface area (Å²) >= 11 is 0. The van der Waals surface area contributed by atoms with Gasteiger partial charge in [-0.1, -0.05) is 0 Å². The van der Waals surface area contributed by atoms with Crippen LogP contribution in [0.4, 0.5) is 0 Å². The molecule has 1 aliphatic rings. The number of hydrogen-bond donors (Lipinski definition) is 0. The standard InChI is InChI=1S/C13H16O4/c1-15-12-5-4-10(8-14)7-13(12)17-9-11-3-2-6-16-11/h4-5,7-8,11H,2-3,6,9H2,1H3/t11-/m1/s1. The Morgan fingerprint density at radius 2 is 2.35 bits per heavy atom. The zero-order chi connectivity index (χ0) is 12.1. The molecule has 0 aromatic heterocycles. The van der Waals surface area contributed by atoms with Gasteiger partial charge in [0.15, 0.2) is 11.5 Å². The summed E-state index contributed by atoms with van der Waals surface area (Å²) in [5.74, 6) is 1.22. The van der Waals surface area contributed by atoms with Crippen LogP contribution in [0, 0.1) is 0 Å². The highest BCUT2D eigenvalue weighted by Gasteiger charge is 2.17. The summed E-state index contributed by atoms with van der Waals surface area (Å²) in [5, 5.41) is 0. The molecule has 0 aliphatic carbocycles. The van der Waals surface area contributed by atoms with Gasteiger partial charge in [-0.2, -0.15) is 0 Å².